The van der Waals surface area contributed by atoms with E-state index in [0.29, 0.717) is 11.2 Å². The minimum absolute atomic E-state index is 0. The van der Waals surface area contributed by atoms with Crippen LogP contribution in [0.15, 0.2) is 35.3 Å². The van der Waals surface area contributed by atoms with Gasteiger partial charge in [-0.05, 0) is 33.9 Å². The van der Waals surface area contributed by atoms with Gasteiger partial charge < -0.3 is 9.14 Å². The van der Waals surface area contributed by atoms with Gasteiger partial charge in [0.05, 0.1) is 22.5 Å². The van der Waals surface area contributed by atoms with Crippen molar-refractivity contribution in [3.05, 3.63) is 58.1 Å². The maximum atomic E-state index is 12.7. The van der Waals surface area contributed by atoms with E-state index in [0.717, 1.165) is 16.5 Å². The number of hydrogen-bond donors (Lipinski definition) is 0. The first-order valence-corrected chi connectivity index (χ1v) is 7.38. The summed E-state index contributed by atoms with van der Waals surface area (Å²) >= 11 is 0. The standard InChI is InChI=1S/C18H17N2O2.Ir/c1-17(2)13-14(18(3,4)22-17)20-10-9-11-7-5-6-8-12(11)15(20)19-16(13)21;/h5-7,9-10H,1-4H3;/q-1;. The summed E-state index contributed by atoms with van der Waals surface area (Å²) in [7, 11) is 0. The van der Waals surface area contributed by atoms with Crippen molar-refractivity contribution in [3.8, 4) is 0 Å². The van der Waals surface area contributed by atoms with Gasteiger partial charge in [0.15, 0.2) is 0 Å². The number of pyridine rings is 1. The molecule has 1 aromatic carbocycles. The fourth-order valence-corrected chi connectivity index (χ4v) is 3.66. The van der Waals surface area contributed by atoms with Gasteiger partial charge in [0.1, 0.15) is 5.60 Å². The van der Waals surface area contributed by atoms with Gasteiger partial charge in [0, 0.05) is 20.1 Å². The average molecular weight is 486 g/mol. The summed E-state index contributed by atoms with van der Waals surface area (Å²) in [6.07, 6.45) is 1.96. The van der Waals surface area contributed by atoms with E-state index in [1.807, 2.05) is 62.6 Å². The van der Waals surface area contributed by atoms with E-state index < -0.39 is 11.2 Å². The number of nitrogens with zero attached hydrogens (tertiary/aromatic N) is 2. The van der Waals surface area contributed by atoms with Crippen LogP contribution >= 0.6 is 0 Å². The molecule has 0 aliphatic carbocycles. The van der Waals surface area contributed by atoms with Crippen LogP contribution in [0.1, 0.15) is 39.0 Å². The van der Waals surface area contributed by atoms with Crippen LogP contribution in [-0.4, -0.2) is 9.38 Å². The Hall–Kier alpha value is -1.55. The topological polar surface area (TPSA) is 43.6 Å². The molecule has 121 valence electrons. The van der Waals surface area contributed by atoms with Crippen molar-refractivity contribution in [2.24, 2.45) is 0 Å². The molecule has 0 unspecified atom stereocenters. The normalized spacial score (nSPS) is 17.9. The van der Waals surface area contributed by atoms with Gasteiger partial charge in [0.2, 0.25) is 0 Å². The molecule has 5 heteroatoms. The Bertz CT molecular complexity index is 989. The van der Waals surface area contributed by atoms with E-state index in [1.165, 1.54) is 0 Å². The smallest absolute Gasteiger partial charge is 0.270 e. The number of fused-ring (bicyclic) bond motifs is 5. The van der Waals surface area contributed by atoms with Crippen molar-refractivity contribution in [1.29, 1.82) is 0 Å². The van der Waals surface area contributed by atoms with Gasteiger partial charge in [-0.2, -0.15) is 0 Å². The molecule has 0 saturated heterocycles. The Morgan fingerprint density at radius 3 is 2.65 bits per heavy atom. The third-order valence-electron chi connectivity index (χ3n) is 4.32. The Morgan fingerprint density at radius 2 is 1.91 bits per heavy atom. The molecular formula is C18H17IrN2O2-. The molecule has 0 amide bonds. The van der Waals surface area contributed by atoms with Gasteiger partial charge >= 0.3 is 0 Å². The maximum Gasteiger partial charge on any atom is 0.270 e. The van der Waals surface area contributed by atoms with Crippen molar-refractivity contribution >= 4 is 16.4 Å². The van der Waals surface area contributed by atoms with E-state index >= 15 is 0 Å². The van der Waals surface area contributed by atoms with E-state index in [9.17, 15) is 4.79 Å². The molecule has 0 N–H and O–H groups in total. The minimum Gasteiger partial charge on any atom is -0.358 e. The fourth-order valence-electron chi connectivity index (χ4n) is 3.66. The molecule has 0 fully saturated rings. The predicted octanol–water partition coefficient (Wildman–Crippen LogP) is 3.15. The van der Waals surface area contributed by atoms with Crippen LogP contribution in [0.2, 0.25) is 0 Å². The van der Waals surface area contributed by atoms with Crippen LogP contribution in [0.4, 0.5) is 0 Å². The van der Waals surface area contributed by atoms with Gasteiger partial charge in [-0.15, -0.1) is 35.0 Å². The first-order valence-electron chi connectivity index (χ1n) is 7.38. The quantitative estimate of drug-likeness (QED) is 0.363. The summed E-state index contributed by atoms with van der Waals surface area (Å²) in [5, 5.41) is 1.87. The molecule has 0 saturated carbocycles. The third-order valence-corrected chi connectivity index (χ3v) is 4.32. The molecule has 0 bridgehead atoms. The van der Waals surface area contributed by atoms with Gasteiger partial charge in [-0.3, -0.25) is 4.79 Å². The number of aromatic nitrogens is 2. The molecule has 3 heterocycles. The van der Waals surface area contributed by atoms with E-state index in [2.05, 4.69) is 11.1 Å². The molecule has 0 atom stereocenters. The fraction of sp³-hybridized carbons (Fsp3) is 0.333. The van der Waals surface area contributed by atoms with Crippen LogP contribution in [0, 0.1) is 6.07 Å². The number of hydrogen-bond acceptors (Lipinski definition) is 3. The van der Waals surface area contributed by atoms with Crippen LogP contribution in [0.3, 0.4) is 0 Å². The SMILES string of the molecule is CC1(C)OC(C)(C)c2c1c(=O)nc1c3[c-]cccc3ccn21.[Ir]. The zero-order valence-corrected chi connectivity index (χ0v) is 15.8. The number of ether oxygens (including phenoxy) is 1. The number of rotatable bonds is 0. The molecule has 23 heavy (non-hydrogen) atoms. The second-order valence-electron chi connectivity index (χ2n) is 6.77. The molecule has 4 rings (SSSR count). The number of benzene rings is 1. The van der Waals surface area contributed by atoms with E-state index in [-0.39, 0.29) is 25.7 Å². The van der Waals surface area contributed by atoms with Crippen LogP contribution in [0.25, 0.3) is 16.4 Å². The molecule has 4 nitrogen and oxygen atoms in total. The summed E-state index contributed by atoms with van der Waals surface area (Å²) in [5.74, 6) is 0. The summed E-state index contributed by atoms with van der Waals surface area (Å²) < 4.78 is 8.11. The second-order valence-corrected chi connectivity index (χ2v) is 6.77. The monoisotopic (exact) mass is 486 g/mol. The summed E-state index contributed by atoms with van der Waals surface area (Å²) in [6.45, 7) is 7.82. The summed E-state index contributed by atoms with van der Waals surface area (Å²) in [5.41, 5.74) is 0.759. The molecule has 3 aromatic rings. The van der Waals surface area contributed by atoms with Crippen molar-refractivity contribution in [2.45, 2.75) is 38.9 Å². The second kappa shape index (κ2) is 4.97. The van der Waals surface area contributed by atoms with E-state index in [4.69, 9.17) is 4.74 Å². The van der Waals surface area contributed by atoms with Crippen molar-refractivity contribution in [3.63, 3.8) is 0 Å². The Labute approximate surface area is 147 Å². The molecule has 0 spiro atoms. The molecule has 2 aromatic heterocycles. The molecular weight excluding hydrogens is 468 g/mol. The Balaban J connectivity index is 0.00000156. The minimum atomic E-state index is -0.639. The van der Waals surface area contributed by atoms with Crippen molar-refractivity contribution in [2.75, 3.05) is 0 Å². The largest absolute Gasteiger partial charge is 0.358 e. The maximum absolute atomic E-state index is 12.7. The zero-order valence-electron chi connectivity index (χ0n) is 13.4. The first kappa shape index (κ1) is 16.3. The van der Waals surface area contributed by atoms with Crippen LogP contribution in [-0.2, 0) is 36.0 Å². The Morgan fingerprint density at radius 1 is 1.17 bits per heavy atom. The third kappa shape index (κ3) is 2.18. The van der Waals surface area contributed by atoms with Crippen molar-refractivity contribution < 1.29 is 24.8 Å². The van der Waals surface area contributed by atoms with Crippen LogP contribution in [0.5, 0.6) is 0 Å². The average Bonchev–Trinajstić information content (AvgIpc) is 2.64. The van der Waals surface area contributed by atoms with Gasteiger partial charge in [-0.1, -0.05) is 6.07 Å². The van der Waals surface area contributed by atoms with Crippen LogP contribution < -0.4 is 5.56 Å². The van der Waals surface area contributed by atoms with Gasteiger partial charge in [-0.25, -0.2) is 4.98 Å². The van der Waals surface area contributed by atoms with Crippen molar-refractivity contribution in [1.82, 2.24) is 9.38 Å². The Kier molecular flexibility index (Phi) is 3.53. The predicted molar refractivity (Wildman–Crippen MR) is 84.9 cm³/mol. The first-order chi connectivity index (χ1) is 10.3. The van der Waals surface area contributed by atoms with Gasteiger partial charge in [0.25, 0.3) is 5.56 Å². The summed E-state index contributed by atoms with van der Waals surface area (Å²) in [4.78, 5) is 17.0. The molecule has 1 aliphatic heterocycles. The summed E-state index contributed by atoms with van der Waals surface area (Å²) in [6, 6.07) is 11.0. The molecule has 1 aliphatic rings. The molecule has 1 radical (unpaired) electrons. The van der Waals surface area contributed by atoms with E-state index in [1.54, 1.807) is 0 Å². The zero-order chi connectivity index (χ0) is 15.7.